The fraction of sp³-hybridized carbons (Fsp3) is 0.889. The summed E-state index contributed by atoms with van der Waals surface area (Å²) < 4.78 is 10.1. The molecule has 5 heteroatoms. The second-order valence-corrected chi connectivity index (χ2v) is 6.01. The van der Waals surface area contributed by atoms with Crippen molar-refractivity contribution in [1.29, 1.82) is 0 Å². The van der Waals surface area contributed by atoms with Crippen molar-refractivity contribution in [3.8, 4) is 0 Å². The fourth-order valence-electron chi connectivity index (χ4n) is 1.89. The van der Waals surface area contributed by atoms with Gasteiger partial charge in [-0.25, -0.2) is 0 Å². The molecule has 1 N–H and O–H groups in total. The normalized spacial score (nSPS) is 10.3. The molecule has 0 rings (SSSR count). The largest absolute Gasteiger partial charge is 0.463 e. The lowest BCUT2D eigenvalue weighted by Gasteiger charge is -2.08. The number of rotatable bonds is 11. The monoisotopic (exact) mass is 332 g/mol. The topological polar surface area (TPSA) is 72.8 Å². The van der Waals surface area contributed by atoms with Gasteiger partial charge in [-0.05, 0) is 47.5 Å². The minimum absolute atomic E-state index is 0.0203. The molecule has 0 heterocycles. The van der Waals surface area contributed by atoms with E-state index in [2.05, 4.69) is 0 Å². The molecule has 0 atom stereocenters. The van der Waals surface area contributed by atoms with Gasteiger partial charge in [0.2, 0.25) is 0 Å². The molecule has 5 nitrogen and oxygen atoms in total. The van der Waals surface area contributed by atoms with Crippen molar-refractivity contribution in [1.82, 2.24) is 0 Å². The van der Waals surface area contributed by atoms with E-state index in [1.807, 2.05) is 27.7 Å². The molecule has 0 aliphatic rings. The van der Waals surface area contributed by atoms with Crippen molar-refractivity contribution in [2.24, 2.45) is 0 Å². The van der Waals surface area contributed by atoms with Crippen LogP contribution in [0.5, 0.6) is 0 Å². The Bertz CT molecular complexity index is 259. The molecular weight excluding hydrogens is 296 g/mol. The SMILES string of the molecule is CC(C)OC(=O)CCCCCCCCC(=O)OC(C)C.CCO. The summed E-state index contributed by atoms with van der Waals surface area (Å²) in [7, 11) is 0. The summed E-state index contributed by atoms with van der Waals surface area (Å²) in [4.78, 5) is 22.6. The Hall–Kier alpha value is -1.10. The van der Waals surface area contributed by atoms with Gasteiger partial charge in [0.25, 0.3) is 0 Å². The molecule has 0 saturated heterocycles. The first-order valence-electron chi connectivity index (χ1n) is 8.83. The molecule has 0 aromatic heterocycles. The van der Waals surface area contributed by atoms with E-state index in [0.29, 0.717) is 12.8 Å². The van der Waals surface area contributed by atoms with Crippen molar-refractivity contribution in [2.45, 2.75) is 98.2 Å². The van der Waals surface area contributed by atoms with Crippen molar-refractivity contribution in [3.05, 3.63) is 0 Å². The highest BCUT2D eigenvalue weighted by atomic mass is 16.5. The van der Waals surface area contributed by atoms with Gasteiger partial charge >= 0.3 is 11.9 Å². The molecule has 138 valence electrons. The zero-order valence-electron chi connectivity index (χ0n) is 15.6. The summed E-state index contributed by atoms with van der Waals surface area (Å²) in [5.74, 6) is -0.201. The van der Waals surface area contributed by atoms with E-state index >= 15 is 0 Å². The lowest BCUT2D eigenvalue weighted by atomic mass is 10.1. The van der Waals surface area contributed by atoms with Gasteiger partial charge in [0.1, 0.15) is 0 Å². The highest BCUT2D eigenvalue weighted by Crippen LogP contribution is 2.10. The van der Waals surface area contributed by atoms with Crippen molar-refractivity contribution in [2.75, 3.05) is 6.61 Å². The van der Waals surface area contributed by atoms with Gasteiger partial charge in [0.05, 0.1) is 12.2 Å². The number of hydrogen-bond donors (Lipinski definition) is 1. The Balaban J connectivity index is 0. The van der Waals surface area contributed by atoms with Crippen LogP contribution in [0.15, 0.2) is 0 Å². The molecule has 0 aromatic carbocycles. The molecule has 0 radical (unpaired) electrons. The molecule has 0 bridgehead atoms. The van der Waals surface area contributed by atoms with Crippen LogP contribution in [0.25, 0.3) is 0 Å². The Labute approximate surface area is 141 Å². The van der Waals surface area contributed by atoms with E-state index in [9.17, 15) is 9.59 Å². The average molecular weight is 332 g/mol. The van der Waals surface area contributed by atoms with Gasteiger partial charge in [-0.1, -0.05) is 25.7 Å². The molecule has 0 fully saturated rings. The summed E-state index contributed by atoms with van der Waals surface area (Å²) in [5.41, 5.74) is 0. The number of hydrogen-bond acceptors (Lipinski definition) is 5. The standard InChI is InChI=1S/C16H30O4.C2H6O/c1-13(2)19-15(17)11-9-7-5-6-8-10-12-16(18)20-14(3)4;1-2-3/h13-14H,5-12H2,1-4H3;3H,2H2,1H3. The number of aliphatic hydroxyl groups is 1. The lowest BCUT2D eigenvalue weighted by Crippen LogP contribution is -2.11. The Morgan fingerprint density at radius 1 is 0.739 bits per heavy atom. The van der Waals surface area contributed by atoms with E-state index in [1.165, 1.54) is 0 Å². The number of carbonyl (C=O) groups is 2. The predicted molar refractivity (Wildman–Crippen MR) is 92.2 cm³/mol. The van der Waals surface area contributed by atoms with E-state index in [1.54, 1.807) is 6.92 Å². The highest BCUT2D eigenvalue weighted by Gasteiger charge is 2.06. The smallest absolute Gasteiger partial charge is 0.306 e. The zero-order valence-corrected chi connectivity index (χ0v) is 15.6. The predicted octanol–water partition coefficient (Wildman–Crippen LogP) is 4.01. The molecule has 0 unspecified atom stereocenters. The number of unbranched alkanes of at least 4 members (excludes halogenated alkanes) is 5. The third kappa shape index (κ3) is 23.3. The van der Waals surface area contributed by atoms with E-state index < -0.39 is 0 Å². The van der Waals surface area contributed by atoms with E-state index in [-0.39, 0.29) is 30.8 Å². The van der Waals surface area contributed by atoms with Crippen molar-refractivity contribution < 1.29 is 24.2 Å². The third-order valence-electron chi connectivity index (χ3n) is 2.75. The Kier molecular flexibility index (Phi) is 18.1. The molecule has 0 amide bonds. The van der Waals surface area contributed by atoms with Crippen LogP contribution in [0.2, 0.25) is 0 Å². The van der Waals surface area contributed by atoms with Gasteiger partial charge in [-0.15, -0.1) is 0 Å². The van der Waals surface area contributed by atoms with Gasteiger partial charge in [-0.3, -0.25) is 9.59 Å². The summed E-state index contributed by atoms with van der Waals surface area (Å²) in [6.07, 6.45) is 7.07. The van der Waals surface area contributed by atoms with E-state index in [4.69, 9.17) is 14.6 Å². The average Bonchev–Trinajstić information content (AvgIpc) is 2.41. The quantitative estimate of drug-likeness (QED) is 0.457. The number of ether oxygens (including phenoxy) is 2. The van der Waals surface area contributed by atoms with Gasteiger partial charge in [0.15, 0.2) is 0 Å². The summed E-state index contributed by atoms with van der Waals surface area (Å²) in [5, 5.41) is 7.57. The van der Waals surface area contributed by atoms with Crippen LogP contribution >= 0.6 is 0 Å². The van der Waals surface area contributed by atoms with Gasteiger partial charge < -0.3 is 14.6 Å². The lowest BCUT2D eigenvalue weighted by molar-refractivity contribution is -0.148. The zero-order chi connectivity index (χ0) is 18.1. The Morgan fingerprint density at radius 2 is 1.00 bits per heavy atom. The first kappa shape index (κ1) is 24.2. The minimum Gasteiger partial charge on any atom is -0.463 e. The maximum Gasteiger partial charge on any atom is 0.306 e. The van der Waals surface area contributed by atoms with Crippen molar-refractivity contribution in [3.63, 3.8) is 0 Å². The summed E-state index contributed by atoms with van der Waals surface area (Å²) >= 11 is 0. The third-order valence-corrected chi connectivity index (χ3v) is 2.75. The summed E-state index contributed by atoms with van der Waals surface area (Å²) in [6, 6.07) is 0. The second-order valence-electron chi connectivity index (χ2n) is 6.01. The van der Waals surface area contributed by atoms with Crippen LogP contribution < -0.4 is 0 Å². The molecule has 0 aliphatic carbocycles. The molecular formula is C18H36O5. The molecule has 0 spiro atoms. The van der Waals surface area contributed by atoms with Crippen LogP contribution in [0.4, 0.5) is 0 Å². The molecule has 0 saturated carbocycles. The van der Waals surface area contributed by atoms with Crippen LogP contribution in [-0.4, -0.2) is 35.9 Å². The molecule has 0 aliphatic heterocycles. The number of esters is 2. The van der Waals surface area contributed by atoms with Gasteiger partial charge in [-0.2, -0.15) is 0 Å². The minimum atomic E-state index is -0.101. The number of carbonyl (C=O) groups excluding carboxylic acids is 2. The molecule has 0 aromatic rings. The maximum atomic E-state index is 11.3. The van der Waals surface area contributed by atoms with E-state index in [0.717, 1.165) is 38.5 Å². The summed E-state index contributed by atoms with van der Waals surface area (Å²) in [6.45, 7) is 9.38. The van der Waals surface area contributed by atoms with Crippen molar-refractivity contribution >= 4 is 11.9 Å². The molecule has 23 heavy (non-hydrogen) atoms. The Morgan fingerprint density at radius 3 is 1.26 bits per heavy atom. The first-order valence-corrected chi connectivity index (χ1v) is 8.83. The fourth-order valence-corrected chi connectivity index (χ4v) is 1.89. The van der Waals surface area contributed by atoms with Gasteiger partial charge in [0, 0.05) is 19.4 Å². The number of aliphatic hydroxyl groups excluding tert-OH is 1. The van der Waals surface area contributed by atoms with Crippen LogP contribution in [-0.2, 0) is 19.1 Å². The highest BCUT2D eigenvalue weighted by molar-refractivity contribution is 5.69. The van der Waals surface area contributed by atoms with Crippen LogP contribution in [0, 0.1) is 0 Å². The van der Waals surface area contributed by atoms with Crippen LogP contribution in [0.3, 0.4) is 0 Å². The van der Waals surface area contributed by atoms with Crippen LogP contribution in [0.1, 0.15) is 86.0 Å². The second kappa shape index (κ2) is 17.3. The maximum absolute atomic E-state index is 11.3. The first-order chi connectivity index (χ1) is 10.8.